The van der Waals surface area contributed by atoms with Crippen LogP contribution >= 0.6 is 15.9 Å². The first-order chi connectivity index (χ1) is 55.7. The van der Waals surface area contributed by atoms with E-state index in [1.807, 2.05) is 72.8 Å². The summed E-state index contributed by atoms with van der Waals surface area (Å²) in [5, 5.41) is 12.3. The molecule has 634 valence electrons. The Bertz CT molecular complexity index is 5370. The number of sulfonamides is 2. The van der Waals surface area contributed by atoms with E-state index in [1.54, 1.807) is 152 Å². The number of fused-ring (bicyclic) bond motifs is 2. The summed E-state index contributed by atoms with van der Waals surface area (Å²) in [6.07, 6.45) is -0.552. The fourth-order valence-corrected chi connectivity index (χ4v) is 18.0. The molecule has 29 nitrogen and oxygen atoms in total. The number of halogens is 1. The maximum atomic E-state index is 14.7. The average molecular weight is 1740 g/mol. The summed E-state index contributed by atoms with van der Waals surface area (Å²) < 4.78 is 90.1. The molecule has 6 aliphatic rings. The maximum absolute atomic E-state index is 14.7. The Balaban J connectivity index is 0.000000219. The number of benzene rings is 5. The molecule has 0 radical (unpaired) electrons. The minimum Gasteiger partial charge on any atom is -0.497 e. The van der Waals surface area contributed by atoms with Gasteiger partial charge in [0.15, 0.2) is 10.5 Å². The molecule has 4 saturated carbocycles. The molecule has 4 heterocycles. The molecule has 2 aromatic heterocycles. The van der Waals surface area contributed by atoms with E-state index in [0.717, 1.165) is 11.1 Å². The molecule has 0 spiro atoms. The molecule has 32 heteroatoms. The summed E-state index contributed by atoms with van der Waals surface area (Å²) in [7, 11) is -5.49. The van der Waals surface area contributed by atoms with E-state index < -0.39 is 157 Å². The van der Waals surface area contributed by atoms with Gasteiger partial charge in [-0.25, -0.2) is 41.1 Å². The van der Waals surface area contributed by atoms with Crippen molar-refractivity contribution in [3.63, 3.8) is 0 Å². The van der Waals surface area contributed by atoms with Crippen LogP contribution in [0.25, 0.3) is 44.3 Å². The lowest BCUT2D eigenvalue weighted by Crippen LogP contribution is -2.60. The van der Waals surface area contributed by atoms with Crippen LogP contribution in [0.3, 0.4) is 0 Å². The second kappa shape index (κ2) is 33.1. The Morgan fingerprint density at radius 1 is 0.529 bits per heavy atom. The van der Waals surface area contributed by atoms with Crippen LogP contribution in [0.15, 0.2) is 152 Å². The molecule has 13 rings (SSSR count). The molecular weight excluding hydrogens is 1630 g/mol. The fraction of sp³-hybridized carbons (Fsp3) is 0.460. The number of nitrogens with zero attached hydrogens (tertiary/aromatic N) is 4. The number of ether oxygens (including phenoxy) is 6. The number of pyridine rings is 2. The van der Waals surface area contributed by atoms with Crippen molar-refractivity contribution in [2.45, 2.75) is 208 Å². The van der Waals surface area contributed by atoms with Gasteiger partial charge in [-0.15, -0.1) is 6.58 Å². The highest BCUT2D eigenvalue weighted by molar-refractivity contribution is 9.11. The molecule has 6 N–H and O–H groups in total. The number of methoxy groups -OCH3 is 2. The van der Waals surface area contributed by atoms with Crippen LogP contribution in [-0.2, 0) is 58.3 Å². The van der Waals surface area contributed by atoms with Crippen LogP contribution in [0.5, 0.6) is 23.0 Å². The number of carbonyl (C=O) groups is 9. The predicted molar refractivity (Wildman–Crippen MR) is 449 cm³/mol. The van der Waals surface area contributed by atoms with E-state index in [0.29, 0.717) is 69.0 Å². The molecule has 6 fully saturated rings. The first-order valence-electron chi connectivity index (χ1n) is 39.5. The lowest BCUT2D eigenvalue weighted by molar-refractivity contribution is -0.143. The molecule has 4 aliphatic carbocycles. The zero-order valence-corrected chi connectivity index (χ0v) is 72.3. The number of alkyl halides is 1. The van der Waals surface area contributed by atoms with Crippen molar-refractivity contribution in [3.8, 4) is 45.5 Å². The number of hydrogen-bond donors (Lipinski definition) is 6. The van der Waals surface area contributed by atoms with Gasteiger partial charge in [-0.05, 0) is 122 Å². The van der Waals surface area contributed by atoms with Crippen LogP contribution in [0.1, 0.15) is 151 Å². The summed E-state index contributed by atoms with van der Waals surface area (Å²) in [5.74, 6) is -3.50. The standard InChI is InChI=1S/C46H53N5O10S.C41H50BrN5O9S/c1-43(2,3)37(48-42(56)61-44(4,5)6)40(54)51-27-31(60-36-26-33(28-14-10-8-11-15-28)47-34-24-30(59-7)18-19-32(34)36)25-35(51)39(53)49-45(20-21-45)41(55)50-62(57,58)46(22-23-46)38(52)29-16-12-9-13-17-29;1-9-25-22-41(25,36(50)46-57(52,53)40(42)17-18-40)45-34(48)31-20-27(23-47(31)35(49)33(38(2,3)4)44-37(51)56-39(5,6)7)55-32-21-29(24-13-11-10-12-14-24)43-30-19-26(54-8)15-16-28(30)32/h8-19,24,26,31,35,37H,20-23,25,27H2,1-7H3,(H,48,56)(H,49,53)(H,50,55);9-16,19,21,25,27,31,33H,1,17-18,20,22-23H2,2-8H3,(H,44,51)(H,45,48)(H,46,50)/t31-,35+,37-;25?,27-,31+,33-,41-/m11/s1. The third kappa shape index (κ3) is 19.4. The SMILES string of the molecule is C=CC1C[C@]1(NC(=O)[C@@H]1C[C@@H](Oc2cc(-c3ccccc3)nc3cc(OC)ccc23)CN1C(=O)[C@@H](NC(=O)OC(C)(C)C)C(C)(C)C)C(=O)NS(=O)(=O)C1(Br)CC1.COc1ccc2c(O[C@@H]3C[C@@H](C(=O)NC4(C(=O)NS(=O)(=O)C5(C(=O)c6ccccc6)CC5)CC4)N(C(=O)[C@@H](NC(=O)OC(C)(C)C)C(C)(C)C)C3)cc(-c3ccccc3)nc2c1. The molecule has 2 aliphatic heterocycles. The lowest BCUT2D eigenvalue weighted by atomic mass is 9.85. The van der Waals surface area contributed by atoms with Crippen molar-refractivity contribution in [1.29, 1.82) is 0 Å². The minimum absolute atomic E-state index is 0.000773. The van der Waals surface area contributed by atoms with E-state index >= 15 is 0 Å². The van der Waals surface area contributed by atoms with E-state index in [9.17, 15) is 60.0 Å². The topological polar surface area (TPSA) is 382 Å². The third-order valence-electron chi connectivity index (χ3n) is 21.8. The number of hydrogen-bond acceptors (Lipinski definition) is 21. The monoisotopic (exact) mass is 1730 g/mol. The van der Waals surface area contributed by atoms with Crippen LogP contribution in [0.2, 0.25) is 0 Å². The van der Waals surface area contributed by atoms with Gasteiger partial charge in [0.1, 0.15) is 85.3 Å². The Morgan fingerprint density at radius 3 is 1.31 bits per heavy atom. The highest BCUT2D eigenvalue weighted by Gasteiger charge is 2.65. The lowest BCUT2D eigenvalue weighted by Gasteiger charge is -2.36. The number of alkyl carbamates (subject to hydrolysis) is 2. The number of nitrogens with one attached hydrogen (secondary N) is 6. The smallest absolute Gasteiger partial charge is 0.408 e. The molecule has 8 amide bonds. The van der Waals surface area contributed by atoms with Gasteiger partial charge in [0.05, 0.1) is 49.7 Å². The van der Waals surface area contributed by atoms with Crippen molar-refractivity contribution >= 4 is 111 Å². The summed E-state index contributed by atoms with van der Waals surface area (Å²) in [4.78, 5) is 138. The van der Waals surface area contributed by atoms with Crippen molar-refractivity contribution in [3.05, 3.63) is 158 Å². The maximum Gasteiger partial charge on any atom is 0.408 e. The van der Waals surface area contributed by atoms with E-state index in [2.05, 4.69) is 53.2 Å². The minimum atomic E-state index is -4.51. The molecule has 5 aromatic carbocycles. The number of rotatable bonds is 25. The second-order valence-corrected chi connectivity index (χ2v) is 41.4. The van der Waals surface area contributed by atoms with Crippen molar-refractivity contribution in [1.82, 2.24) is 50.5 Å². The van der Waals surface area contributed by atoms with E-state index in [4.69, 9.17) is 38.4 Å². The van der Waals surface area contributed by atoms with Gasteiger partial charge >= 0.3 is 12.2 Å². The summed E-state index contributed by atoms with van der Waals surface area (Å²) in [6.45, 7) is 24.5. The second-order valence-electron chi connectivity index (χ2n) is 35.4. The summed E-state index contributed by atoms with van der Waals surface area (Å²) in [5.41, 5.74) is -2.30. The highest BCUT2D eigenvalue weighted by atomic mass is 79.9. The van der Waals surface area contributed by atoms with Crippen LogP contribution < -0.4 is 49.7 Å². The summed E-state index contributed by atoms with van der Waals surface area (Å²) in [6, 6.07) is 36.8. The molecule has 119 heavy (non-hydrogen) atoms. The van der Waals surface area contributed by atoms with E-state index in [1.165, 1.54) is 28.0 Å². The van der Waals surface area contributed by atoms with Gasteiger partial charge in [0, 0.05) is 70.5 Å². The summed E-state index contributed by atoms with van der Waals surface area (Å²) >= 11 is 3.21. The van der Waals surface area contributed by atoms with Crippen LogP contribution in [-0.4, -0.2) is 184 Å². The number of amides is 8. The highest BCUT2D eigenvalue weighted by Crippen LogP contribution is 2.51. The third-order valence-corrected chi connectivity index (χ3v) is 27.7. The Kier molecular flexibility index (Phi) is 24.4. The number of Topliss-reactive ketones (excluding diaryl/α,β-unsaturated/α-hetero) is 1. The quantitative estimate of drug-likeness (QED) is 0.0176. The van der Waals surface area contributed by atoms with Crippen LogP contribution in [0, 0.1) is 16.7 Å². The normalized spacial score (nSPS) is 21.2. The Labute approximate surface area is 701 Å². The van der Waals surface area contributed by atoms with Gasteiger partial charge in [0.25, 0.3) is 21.8 Å². The molecular formula is C87H103BrN10O19S2. The Hall–Kier alpha value is -10.7. The predicted octanol–water partition coefficient (Wildman–Crippen LogP) is 11.3. The molecule has 8 atom stereocenters. The van der Waals surface area contributed by atoms with Crippen molar-refractivity contribution in [2.75, 3.05) is 27.3 Å². The first kappa shape index (κ1) is 87.6. The van der Waals surface area contributed by atoms with Gasteiger partial charge in [-0.1, -0.05) is 155 Å². The first-order valence-corrected chi connectivity index (χ1v) is 43.2. The van der Waals surface area contributed by atoms with Gasteiger partial charge in [0.2, 0.25) is 33.7 Å². The van der Waals surface area contributed by atoms with Gasteiger partial charge < -0.3 is 59.5 Å². The average Bonchev–Trinajstić information content (AvgIpc) is 1.56. The number of aromatic nitrogens is 2. The largest absolute Gasteiger partial charge is 0.497 e. The number of carbonyl (C=O) groups excluding carboxylic acids is 9. The van der Waals surface area contributed by atoms with Crippen molar-refractivity contribution in [2.24, 2.45) is 16.7 Å². The molecule has 7 aromatic rings. The van der Waals surface area contributed by atoms with Crippen LogP contribution in [0.4, 0.5) is 9.59 Å². The number of ketones is 1. The molecule has 2 saturated heterocycles. The van der Waals surface area contributed by atoms with Gasteiger partial charge in [-0.3, -0.25) is 38.3 Å². The fourth-order valence-electron chi connectivity index (χ4n) is 14.7. The van der Waals surface area contributed by atoms with E-state index in [-0.39, 0.29) is 63.6 Å². The van der Waals surface area contributed by atoms with Gasteiger partial charge in [-0.2, -0.15) is 0 Å². The number of likely N-dealkylation sites (tertiary alicyclic amines) is 2. The zero-order chi connectivity index (χ0) is 86.5. The van der Waals surface area contributed by atoms with Crippen molar-refractivity contribution < 1.29 is 88.4 Å². The Morgan fingerprint density at radius 2 is 0.941 bits per heavy atom. The zero-order valence-electron chi connectivity index (χ0n) is 69.1. The molecule has 0 bridgehead atoms. The molecule has 1 unspecified atom stereocenters.